The van der Waals surface area contributed by atoms with Gasteiger partial charge in [0.1, 0.15) is 24.8 Å². The van der Waals surface area contributed by atoms with E-state index in [2.05, 4.69) is 0 Å². The summed E-state index contributed by atoms with van der Waals surface area (Å²) in [5, 5.41) is 28.4. The van der Waals surface area contributed by atoms with Gasteiger partial charge in [0.05, 0.1) is 19.7 Å². The number of halogens is 1. The van der Waals surface area contributed by atoms with E-state index in [1.54, 1.807) is 0 Å². The molecule has 5 heteroatoms. The van der Waals surface area contributed by atoms with E-state index in [9.17, 15) is 15.3 Å². The summed E-state index contributed by atoms with van der Waals surface area (Å²) in [7, 11) is 0. The van der Waals surface area contributed by atoms with Crippen molar-refractivity contribution in [2.24, 2.45) is 0 Å². The minimum atomic E-state index is -0.733. The highest BCUT2D eigenvalue weighted by atomic mass is 79.9. The van der Waals surface area contributed by atoms with Crippen molar-refractivity contribution in [1.82, 2.24) is 0 Å². The molecule has 0 radical (unpaired) electrons. The van der Waals surface area contributed by atoms with Crippen molar-refractivity contribution in [3.05, 3.63) is 0 Å². The third-order valence-corrected chi connectivity index (χ3v) is 3.69. The number of hydrogen-bond acceptors (Lipinski definition) is 3. The van der Waals surface area contributed by atoms with Gasteiger partial charge in [0, 0.05) is 12.8 Å². The first kappa shape index (κ1) is 12.4. The maximum atomic E-state index is 9.66. The topological polar surface area (TPSA) is 60.7 Å². The molecule has 2 aliphatic heterocycles. The first-order valence-corrected chi connectivity index (χ1v) is 5.02. The second kappa shape index (κ2) is 4.45. The van der Waals surface area contributed by atoms with E-state index >= 15 is 0 Å². The van der Waals surface area contributed by atoms with Gasteiger partial charge in [0.15, 0.2) is 0 Å². The van der Waals surface area contributed by atoms with Crippen LogP contribution in [0.4, 0.5) is 0 Å². The van der Waals surface area contributed by atoms with Gasteiger partial charge in [-0.05, 0) is 0 Å². The average molecular weight is 268 g/mol. The van der Waals surface area contributed by atoms with Crippen LogP contribution >= 0.6 is 0 Å². The van der Waals surface area contributed by atoms with Crippen LogP contribution in [0.25, 0.3) is 0 Å². The van der Waals surface area contributed by atoms with Gasteiger partial charge in [-0.25, -0.2) is 0 Å². The summed E-state index contributed by atoms with van der Waals surface area (Å²) < 4.78 is 0.735. The van der Waals surface area contributed by atoms with Crippen LogP contribution in [0.1, 0.15) is 12.8 Å². The van der Waals surface area contributed by atoms with Crippen LogP contribution in [0.5, 0.6) is 0 Å². The highest BCUT2D eigenvalue weighted by Crippen LogP contribution is 2.32. The molecule has 2 heterocycles. The Kier molecular flexibility index (Phi) is 3.94. The van der Waals surface area contributed by atoms with Gasteiger partial charge < -0.3 is 36.8 Å². The van der Waals surface area contributed by atoms with Gasteiger partial charge in [-0.1, -0.05) is 0 Å². The molecular weight excluding hydrogens is 250 g/mol. The molecule has 0 aromatic carbocycles. The monoisotopic (exact) mass is 267 g/mol. The van der Waals surface area contributed by atoms with E-state index in [-0.39, 0.29) is 29.6 Å². The van der Waals surface area contributed by atoms with E-state index in [0.717, 1.165) is 30.4 Å². The van der Waals surface area contributed by atoms with Crippen LogP contribution in [0.2, 0.25) is 0 Å². The van der Waals surface area contributed by atoms with Gasteiger partial charge in [-0.15, -0.1) is 0 Å². The Morgan fingerprint density at radius 3 is 2.21 bits per heavy atom. The molecule has 2 rings (SSSR count). The first-order valence-electron chi connectivity index (χ1n) is 5.02. The lowest BCUT2D eigenvalue weighted by molar-refractivity contribution is -0.931. The predicted molar refractivity (Wildman–Crippen MR) is 47.0 cm³/mol. The van der Waals surface area contributed by atoms with E-state index in [4.69, 9.17) is 0 Å². The molecule has 1 spiro atoms. The molecule has 14 heavy (non-hydrogen) atoms. The van der Waals surface area contributed by atoms with Gasteiger partial charge in [0.2, 0.25) is 0 Å². The molecule has 84 valence electrons. The Hall–Kier alpha value is 0.320. The van der Waals surface area contributed by atoms with E-state index in [1.807, 2.05) is 0 Å². The fourth-order valence-electron chi connectivity index (χ4n) is 2.96. The fraction of sp³-hybridized carbons (Fsp3) is 1.00. The maximum Gasteiger partial charge on any atom is 0.141 e. The summed E-state index contributed by atoms with van der Waals surface area (Å²) in [6.07, 6.45) is 0.921. The van der Waals surface area contributed by atoms with Crippen molar-refractivity contribution in [1.29, 1.82) is 0 Å². The summed E-state index contributed by atoms with van der Waals surface area (Å²) in [6.45, 7) is 2.60. The molecule has 4 nitrogen and oxygen atoms in total. The van der Waals surface area contributed by atoms with Gasteiger partial charge in [-0.3, -0.25) is 0 Å². The molecule has 0 unspecified atom stereocenters. The molecule has 2 fully saturated rings. The SMILES string of the molecule is OC[C@H]1[C@H](O)[C@@H](O)C[N+]12CCCC2.[Br-]. The summed E-state index contributed by atoms with van der Waals surface area (Å²) in [5.41, 5.74) is 0. The van der Waals surface area contributed by atoms with Crippen molar-refractivity contribution in [2.75, 3.05) is 26.2 Å². The van der Waals surface area contributed by atoms with Gasteiger partial charge >= 0.3 is 0 Å². The zero-order valence-electron chi connectivity index (χ0n) is 8.14. The van der Waals surface area contributed by atoms with Crippen LogP contribution in [-0.2, 0) is 0 Å². The third kappa shape index (κ3) is 1.72. The second-order valence-electron chi connectivity index (χ2n) is 4.36. The molecule has 0 aliphatic carbocycles. The Bertz CT molecular complexity index is 196. The average Bonchev–Trinajstić information content (AvgIpc) is 2.62. The van der Waals surface area contributed by atoms with Gasteiger partial charge in [0.25, 0.3) is 0 Å². The molecule has 0 amide bonds. The number of aliphatic hydroxyl groups is 3. The van der Waals surface area contributed by atoms with Crippen LogP contribution < -0.4 is 17.0 Å². The minimum absolute atomic E-state index is 0. The molecule has 2 aliphatic rings. The quantitative estimate of drug-likeness (QED) is 0.422. The smallest absolute Gasteiger partial charge is 0.141 e. The Balaban J connectivity index is 0.000000980. The van der Waals surface area contributed by atoms with Crippen LogP contribution in [0.15, 0.2) is 0 Å². The number of quaternary nitrogens is 1. The van der Waals surface area contributed by atoms with E-state index in [1.165, 1.54) is 0 Å². The van der Waals surface area contributed by atoms with Crippen molar-refractivity contribution >= 4 is 0 Å². The second-order valence-corrected chi connectivity index (χ2v) is 4.36. The normalized spacial score (nSPS) is 40.1. The fourth-order valence-corrected chi connectivity index (χ4v) is 2.96. The largest absolute Gasteiger partial charge is 1.00 e. The lowest BCUT2D eigenvalue weighted by Crippen LogP contribution is -3.00. The lowest BCUT2D eigenvalue weighted by atomic mass is 10.1. The summed E-state index contributed by atoms with van der Waals surface area (Å²) >= 11 is 0. The van der Waals surface area contributed by atoms with Crippen molar-refractivity contribution < 1.29 is 36.8 Å². The lowest BCUT2D eigenvalue weighted by Gasteiger charge is -2.35. The maximum absolute atomic E-state index is 9.66. The Morgan fingerprint density at radius 2 is 1.71 bits per heavy atom. The Labute approximate surface area is 94.5 Å². The third-order valence-electron chi connectivity index (χ3n) is 3.69. The zero-order chi connectivity index (χ0) is 9.47. The predicted octanol–water partition coefficient (Wildman–Crippen LogP) is -4.30. The standard InChI is InChI=1S/C9H18NO3.BrH/c11-6-7-9(13)8(12)5-10(7)3-1-2-4-10;/h7-9,11-13H,1-6H2;1H/q+1;/p-1/t7-,8-,9-;/m0./s1. The van der Waals surface area contributed by atoms with E-state index in [0.29, 0.717) is 6.54 Å². The van der Waals surface area contributed by atoms with Crippen molar-refractivity contribution in [3.63, 3.8) is 0 Å². The molecule has 0 bridgehead atoms. The summed E-state index contributed by atoms with van der Waals surface area (Å²) in [6, 6.07) is -0.155. The molecule has 0 aromatic heterocycles. The van der Waals surface area contributed by atoms with Crippen molar-refractivity contribution in [2.45, 2.75) is 31.1 Å². The number of rotatable bonds is 1. The first-order chi connectivity index (χ1) is 6.19. The summed E-state index contributed by atoms with van der Waals surface area (Å²) in [4.78, 5) is 0. The molecule has 2 saturated heterocycles. The minimum Gasteiger partial charge on any atom is -1.00 e. The molecule has 0 aromatic rings. The molecule has 3 atom stereocenters. The van der Waals surface area contributed by atoms with Crippen LogP contribution in [0.3, 0.4) is 0 Å². The number of nitrogens with zero attached hydrogens (tertiary/aromatic N) is 1. The van der Waals surface area contributed by atoms with E-state index < -0.39 is 12.2 Å². The highest BCUT2D eigenvalue weighted by molar-refractivity contribution is 4.86. The van der Waals surface area contributed by atoms with Gasteiger partial charge in [-0.2, -0.15) is 0 Å². The molecular formula is C9H18BrNO3. The van der Waals surface area contributed by atoms with Crippen LogP contribution in [-0.4, -0.2) is 64.3 Å². The summed E-state index contributed by atoms with van der Waals surface area (Å²) in [5.74, 6) is 0. The van der Waals surface area contributed by atoms with Crippen LogP contribution in [0, 0.1) is 0 Å². The number of aliphatic hydroxyl groups excluding tert-OH is 3. The zero-order valence-corrected chi connectivity index (χ0v) is 9.73. The molecule has 3 N–H and O–H groups in total. The molecule has 0 saturated carbocycles. The highest BCUT2D eigenvalue weighted by Gasteiger charge is 2.53. The Morgan fingerprint density at radius 1 is 1.14 bits per heavy atom. The van der Waals surface area contributed by atoms with Crippen molar-refractivity contribution in [3.8, 4) is 0 Å². The number of hydrogen-bond donors (Lipinski definition) is 3.